The van der Waals surface area contributed by atoms with Crippen LogP contribution in [0, 0.1) is 12.8 Å². The molecule has 6 nitrogen and oxygen atoms in total. The molecule has 2 N–H and O–H groups in total. The molecule has 0 spiro atoms. The van der Waals surface area contributed by atoms with Crippen LogP contribution in [0.15, 0.2) is 30.3 Å². The van der Waals surface area contributed by atoms with Crippen molar-refractivity contribution in [3.8, 4) is 11.6 Å². The molecule has 2 aromatic rings. The summed E-state index contributed by atoms with van der Waals surface area (Å²) in [4.78, 5) is 11.6. The number of hydrogen-bond donors (Lipinski definition) is 2. The Morgan fingerprint density at radius 2 is 2.04 bits per heavy atom. The summed E-state index contributed by atoms with van der Waals surface area (Å²) in [6, 6.07) is 9.69. The second-order valence-electron chi connectivity index (χ2n) is 6.15. The number of benzene rings is 1. The monoisotopic (exact) mass is 328 g/mol. The third-order valence-electron chi connectivity index (χ3n) is 4.10. The van der Waals surface area contributed by atoms with Crippen LogP contribution < -0.4 is 15.4 Å². The predicted molar refractivity (Wildman–Crippen MR) is 91.9 cm³/mol. The molecule has 1 amide bonds. The Bertz CT molecular complexity index is 693. The maximum absolute atomic E-state index is 11.6. The fourth-order valence-corrected chi connectivity index (χ4v) is 2.59. The SMILES string of the molecule is Cc1nn(C)c(Oc2ccccc2)c1CNCCNC(=O)C1CC1. The van der Waals surface area contributed by atoms with E-state index in [0.717, 1.165) is 42.3 Å². The van der Waals surface area contributed by atoms with Gasteiger partial charge in [0.1, 0.15) is 5.75 Å². The van der Waals surface area contributed by atoms with Crippen LogP contribution in [0.25, 0.3) is 0 Å². The quantitative estimate of drug-likeness (QED) is 0.729. The highest BCUT2D eigenvalue weighted by Crippen LogP contribution is 2.28. The topological polar surface area (TPSA) is 68.2 Å². The van der Waals surface area contributed by atoms with E-state index in [1.165, 1.54) is 0 Å². The van der Waals surface area contributed by atoms with Gasteiger partial charge in [0.2, 0.25) is 11.8 Å². The molecule has 0 saturated heterocycles. The van der Waals surface area contributed by atoms with E-state index in [1.807, 2.05) is 44.3 Å². The molecule has 1 saturated carbocycles. The van der Waals surface area contributed by atoms with Crippen molar-refractivity contribution in [3.63, 3.8) is 0 Å². The van der Waals surface area contributed by atoms with E-state index in [4.69, 9.17) is 4.74 Å². The van der Waals surface area contributed by atoms with Crippen molar-refractivity contribution in [2.24, 2.45) is 13.0 Å². The average Bonchev–Trinajstić information content (AvgIpc) is 3.38. The van der Waals surface area contributed by atoms with Crippen LogP contribution in [0.5, 0.6) is 11.6 Å². The van der Waals surface area contributed by atoms with Crippen molar-refractivity contribution < 1.29 is 9.53 Å². The van der Waals surface area contributed by atoms with Gasteiger partial charge in [-0.15, -0.1) is 0 Å². The van der Waals surface area contributed by atoms with Crippen molar-refractivity contribution in [2.75, 3.05) is 13.1 Å². The predicted octanol–water partition coefficient (Wildman–Crippen LogP) is 2.14. The summed E-state index contributed by atoms with van der Waals surface area (Å²) in [6.45, 7) is 3.99. The molecule has 128 valence electrons. The molecular weight excluding hydrogens is 304 g/mol. The van der Waals surface area contributed by atoms with E-state index in [1.54, 1.807) is 4.68 Å². The van der Waals surface area contributed by atoms with Gasteiger partial charge in [0.05, 0.1) is 11.3 Å². The molecule has 1 aromatic carbocycles. The summed E-state index contributed by atoms with van der Waals surface area (Å²) in [7, 11) is 1.88. The standard InChI is InChI=1S/C18H24N4O2/c1-13-16(12-19-10-11-20-17(23)14-8-9-14)18(22(2)21-13)24-15-6-4-3-5-7-15/h3-7,14,19H,8-12H2,1-2H3,(H,20,23). The van der Waals surface area contributed by atoms with Crippen LogP contribution in [0.2, 0.25) is 0 Å². The van der Waals surface area contributed by atoms with Gasteiger partial charge in [-0.2, -0.15) is 5.10 Å². The lowest BCUT2D eigenvalue weighted by atomic mass is 10.2. The van der Waals surface area contributed by atoms with Gasteiger partial charge in [0.15, 0.2) is 0 Å². The number of para-hydroxylation sites is 1. The Hall–Kier alpha value is -2.34. The molecule has 1 fully saturated rings. The Morgan fingerprint density at radius 1 is 1.29 bits per heavy atom. The first kappa shape index (κ1) is 16.5. The minimum Gasteiger partial charge on any atom is -0.439 e. The van der Waals surface area contributed by atoms with Crippen molar-refractivity contribution >= 4 is 5.91 Å². The van der Waals surface area contributed by atoms with Crippen molar-refractivity contribution in [3.05, 3.63) is 41.6 Å². The summed E-state index contributed by atoms with van der Waals surface area (Å²) in [5.41, 5.74) is 1.98. The Kier molecular flexibility index (Phi) is 5.15. The van der Waals surface area contributed by atoms with Crippen LogP contribution in [0.1, 0.15) is 24.1 Å². The first-order valence-corrected chi connectivity index (χ1v) is 8.39. The number of hydrogen-bond acceptors (Lipinski definition) is 4. The van der Waals surface area contributed by atoms with E-state index >= 15 is 0 Å². The maximum Gasteiger partial charge on any atom is 0.223 e. The van der Waals surface area contributed by atoms with Crippen molar-refractivity contribution in [1.82, 2.24) is 20.4 Å². The molecule has 0 aliphatic heterocycles. The van der Waals surface area contributed by atoms with E-state index < -0.39 is 0 Å². The molecule has 3 rings (SSSR count). The first-order chi connectivity index (χ1) is 11.6. The summed E-state index contributed by atoms with van der Waals surface area (Å²) in [5.74, 6) is 1.98. The molecule has 1 aliphatic rings. The van der Waals surface area contributed by atoms with Crippen molar-refractivity contribution in [1.29, 1.82) is 0 Å². The number of carbonyl (C=O) groups is 1. The van der Waals surface area contributed by atoms with Gasteiger partial charge in [-0.3, -0.25) is 4.79 Å². The molecule has 0 unspecified atom stereocenters. The van der Waals surface area contributed by atoms with Crippen LogP contribution in [0.4, 0.5) is 0 Å². The Labute approximate surface area is 142 Å². The molecule has 1 aromatic heterocycles. The van der Waals surface area contributed by atoms with E-state index in [9.17, 15) is 4.79 Å². The van der Waals surface area contributed by atoms with Gasteiger partial charge in [0.25, 0.3) is 0 Å². The highest BCUT2D eigenvalue weighted by molar-refractivity contribution is 5.80. The van der Waals surface area contributed by atoms with Crippen LogP contribution in [0.3, 0.4) is 0 Å². The largest absolute Gasteiger partial charge is 0.439 e. The molecule has 24 heavy (non-hydrogen) atoms. The van der Waals surface area contributed by atoms with Crippen LogP contribution in [-0.2, 0) is 18.4 Å². The maximum atomic E-state index is 11.6. The van der Waals surface area contributed by atoms with E-state index in [2.05, 4.69) is 15.7 Å². The zero-order valence-electron chi connectivity index (χ0n) is 14.2. The zero-order valence-corrected chi connectivity index (χ0v) is 14.2. The highest BCUT2D eigenvalue weighted by Gasteiger charge is 2.28. The molecular formula is C18H24N4O2. The first-order valence-electron chi connectivity index (χ1n) is 8.39. The average molecular weight is 328 g/mol. The Balaban J connectivity index is 1.53. The third-order valence-corrected chi connectivity index (χ3v) is 4.10. The zero-order chi connectivity index (χ0) is 16.9. The second-order valence-corrected chi connectivity index (χ2v) is 6.15. The van der Waals surface area contributed by atoms with Gasteiger partial charge >= 0.3 is 0 Å². The lowest BCUT2D eigenvalue weighted by Gasteiger charge is -2.10. The summed E-state index contributed by atoms with van der Waals surface area (Å²) in [6.07, 6.45) is 2.07. The number of aryl methyl sites for hydroxylation is 2. The van der Waals surface area contributed by atoms with Gasteiger partial charge in [-0.25, -0.2) is 4.68 Å². The van der Waals surface area contributed by atoms with Gasteiger partial charge < -0.3 is 15.4 Å². The highest BCUT2D eigenvalue weighted by atomic mass is 16.5. The molecule has 1 heterocycles. The number of aromatic nitrogens is 2. The minimum absolute atomic E-state index is 0.183. The Morgan fingerprint density at radius 3 is 2.75 bits per heavy atom. The number of nitrogens with one attached hydrogen (secondary N) is 2. The minimum atomic E-state index is 0.183. The van der Waals surface area contributed by atoms with Crippen LogP contribution in [-0.4, -0.2) is 28.8 Å². The number of carbonyl (C=O) groups excluding carboxylic acids is 1. The number of ether oxygens (including phenoxy) is 1. The fourth-order valence-electron chi connectivity index (χ4n) is 2.59. The lowest BCUT2D eigenvalue weighted by Crippen LogP contribution is -2.32. The van der Waals surface area contributed by atoms with E-state index in [-0.39, 0.29) is 11.8 Å². The van der Waals surface area contributed by atoms with Gasteiger partial charge in [0, 0.05) is 32.6 Å². The normalized spacial score (nSPS) is 13.8. The van der Waals surface area contributed by atoms with Crippen molar-refractivity contribution in [2.45, 2.75) is 26.3 Å². The van der Waals surface area contributed by atoms with Gasteiger partial charge in [-0.1, -0.05) is 18.2 Å². The molecule has 1 aliphatic carbocycles. The number of rotatable bonds is 8. The van der Waals surface area contributed by atoms with Gasteiger partial charge in [-0.05, 0) is 31.9 Å². The molecule has 0 radical (unpaired) electrons. The second kappa shape index (κ2) is 7.49. The lowest BCUT2D eigenvalue weighted by molar-refractivity contribution is -0.122. The summed E-state index contributed by atoms with van der Waals surface area (Å²) in [5, 5.41) is 10.7. The number of amides is 1. The summed E-state index contributed by atoms with van der Waals surface area (Å²) < 4.78 is 7.74. The summed E-state index contributed by atoms with van der Waals surface area (Å²) >= 11 is 0. The van der Waals surface area contributed by atoms with E-state index in [0.29, 0.717) is 13.1 Å². The number of nitrogens with zero attached hydrogens (tertiary/aromatic N) is 2. The fraction of sp³-hybridized carbons (Fsp3) is 0.444. The third kappa shape index (κ3) is 4.14. The van der Waals surface area contributed by atoms with Crippen LogP contribution >= 0.6 is 0 Å². The molecule has 6 heteroatoms. The smallest absolute Gasteiger partial charge is 0.223 e. The molecule has 0 bridgehead atoms. The molecule has 0 atom stereocenters.